The summed E-state index contributed by atoms with van der Waals surface area (Å²) in [5.74, 6) is 0.689. The second-order valence-corrected chi connectivity index (χ2v) is 5.53. The van der Waals surface area contributed by atoms with Gasteiger partial charge in [-0.15, -0.1) is 0 Å². The molecule has 0 radical (unpaired) electrons. The van der Waals surface area contributed by atoms with Crippen molar-refractivity contribution in [3.8, 4) is 0 Å². The second kappa shape index (κ2) is 6.12. The van der Waals surface area contributed by atoms with E-state index in [1.54, 1.807) is 6.07 Å². The average molecular weight is 293 g/mol. The van der Waals surface area contributed by atoms with E-state index in [1.807, 2.05) is 43.4 Å². The number of hydrogen-bond acceptors (Lipinski definition) is 3. The zero-order valence-corrected chi connectivity index (χ0v) is 12.8. The molecule has 1 aromatic heterocycles. The van der Waals surface area contributed by atoms with Gasteiger partial charge in [0.2, 0.25) is 0 Å². The molecule has 112 valence electrons. The van der Waals surface area contributed by atoms with Crippen LogP contribution >= 0.6 is 0 Å². The van der Waals surface area contributed by atoms with Crippen molar-refractivity contribution in [2.45, 2.75) is 19.5 Å². The zero-order chi connectivity index (χ0) is 15.5. The maximum absolute atomic E-state index is 12.1. The van der Waals surface area contributed by atoms with E-state index in [1.165, 1.54) is 5.56 Å². The van der Waals surface area contributed by atoms with Gasteiger partial charge in [0.05, 0.1) is 17.4 Å². The van der Waals surface area contributed by atoms with E-state index < -0.39 is 0 Å². The average Bonchev–Trinajstić information content (AvgIpc) is 2.55. The van der Waals surface area contributed by atoms with Gasteiger partial charge in [-0.05, 0) is 31.7 Å². The molecule has 0 saturated heterocycles. The van der Waals surface area contributed by atoms with Crippen molar-refractivity contribution < 1.29 is 0 Å². The Morgan fingerprint density at radius 3 is 2.55 bits per heavy atom. The van der Waals surface area contributed by atoms with E-state index in [0.29, 0.717) is 17.8 Å². The molecule has 22 heavy (non-hydrogen) atoms. The van der Waals surface area contributed by atoms with Crippen LogP contribution in [0.15, 0.2) is 59.4 Å². The van der Waals surface area contributed by atoms with Crippen LogP contribution in [0, 0.1) is 0 Å². The molecule has 0 fully saturated rings. The topological polar surface area (TPSA) is 49.0 Å². The van der Waals surface area contributed by atoms with Crippen LogP contribution in [-0.4, -0.2) is 21.9 Å². The first kappa shape index (κ1) is 14.5. The number of nitrogens with zero attached hydrogens (tertiary/aromatic N) is 2. The quantitative estimate of drug-likeness (QED) is 0.804. The van der Waals surface area contributed by atoms with Crippen molar-refractivity contribution in [1.82, 2.24) is 14.9 Å². The molecule has 0 bridgehead atoms. The summed E-state index contributed by atoms with van der Waals surface area (Å²) in [6, 6.07) is 18.0. The van der Waals surface area contributed by atoms with Gasteiger partial charge in [-0.1, -0.05) is 42.5 Å². The van der Waals surface area contributed by atoms with Crippen LogP contribution in [0.5, 0.6) is 0 Å². The minimum atomic E-state index is -0.0821. The molecule has 1 N–H and O–H groups in total. The lowest BCUT2D eigenvalue weighted by molar-refractivity contribution is 0.247. The molecule has 0 unspecified atom stereocenters. The summed E-state index contributed by atoms with van der Waals surface area (Å²) in [5, 5.41) is 0.630. The Labute approximate surface area is 129 Å². The fraction of sp³-hybridized carbons (Fsp3) is 0.222. The van der Waals surface area contributed by atoms with E-state index in [0.717, 1.165) is 5.52 Å². The molecular formula is C18H19N3O. The smallest absolute Gasteiger partial charge is 0.258 e. The summed E-state index contributed by atoms with van der Waals surface area (Å²) in [7, 11) is 2.03. The Morgan fingerprint density at radius 1 is 1.09 bits per heavy atom. The van der Waals surface area contributed by atoms with Gasteiger partial charge in [0.25, 0.3) is 5.56 Å². The normalized spacial score (nSPS) is 12.7. The molecule has 0 aliphatic rings. The van der Waals surface area contributed by atoms with Gasteiger partial charge >= 0.3 is 0 Å². The molecule has 1 heterocycles. The summed E-state index contributed by atoms with van der Waals surface area (Å²) in [6.07, 6.45) is 0. The van der Waals surface area contributed by atoms with Crippen molar-refractivity contribution >= 4 is 10.9 Å². The van der Waals surface area contributed by atoms with Gasteiger partial charge < -0.3 is 4.98 Å². The molecule has 4 heteroatoms. The number of fused-ring (bicyclic) bond motifs is 1. The number of para-hydroxylation sites is 1. The van der Waals surface area contributed by atoms with E-state index in [-0.39, 0.29) is 11.6 Å². The van der Waals surface area contributed by atoms with Crippen LogP contribution < -0.4 is 5.56 Å². The van der Waals surface area contributed by atoms with Gasteiger partial charge in [-0.25, -0.2) is 4.98 Å². The number of aromatic nitrogens is 2. The van der Waals surface area contributed by atoms with Gasteiger partial charge in [-0.2, -0.15) is 0 Å². The zero-order valence-electron chi connectivity index (χ0n) is 12.8. The van der Waals surface area contributed by atoms with Crippen molar-refractivity contribution in [2.75, 3.05) is 7.05 Å². The lowest BCUT2D eigenvalue weighted by Gasteiger charge is -2.24. The van der Waals surface area contributed by atoms with Crippen molar-refractivity contribution in [3.63, 3.8) is 0 Å². The first-order valence-electron chi connectivity index (χ1n) is 7.38. The molecule has 3 rings (SSSR count). The summed E-state index contributed by atoms with van der Waals surface area (Å²) in [5.41, 5.74) is 1.90. The minimum absolute atomic E-state index is 0.0821. The van der Waals surface area contributed by atoms with Crippen molar-refractivity contribution in [1.29, 1.82) is 0 Å². The molecule has 0 aliphatic carbocycles. The van der Waals surface area contributed by atoms with E-state index >= 15 is 0 Å². The van der Waals surface area contributed by atoms with E-state index in [2.05, 4.69) is 33.9 Å². The van der Waals surface area contributed by atoms with Crippen LogP contribution in [-0.2, 0) is 6.54 Å². The fourth-order valence-corrected chi connectivity index (χ4v) is 2.57. The summed E-state index contributed by atoms with van der Waals surface area (Å²) < 4.78 is 0. The maximum Gasteiger partial charge on any atom is 0.258 e. The first-order valence-corrected chi connectivity index (χ1v) is 7.38. The first-order chi connectivity index (χ1) is 10.6. The Morgan fingerprint density at radius 2 is 1.77 bits per heavy atom. The SMILES string of the molecule is C[C@@H](c1ccccc1)N(C)Cc1nc2ccccc2c(=O)[nH]1. The van der Waals surface area contributed by atoms with Gasteiger partial charge in [0, 0.05) is 6.04 Å². The largest absolute Gasteiger partial charge is 0.309 e. The summed E-state index contributed by atoms with van der Waals surface area (Å²) >= 11 is 0. The molecule has 3 aromatic rings. The summed E-state index contributed by atoms with van der Waals surface area (Å²) in [4.78, 5) is 21.7. The highest BCUT2D eigenvalue weighted by atomic mass is 16.1. The molecule has 0 spiro atoms. The van der Waals surface area contributed by atoms with E-state index in [4.69, 9.17) is 0 Å². The molecule has 0 aliphatic heterocycles. The third kappa shape index (κ3) is 2.92. The lowest BCUT2D eigenvalue weighted by atomic mass is 10.1. The number of H-pyrrole nitrogens is 1. The number of nitrogens with one attached hydrogen (secondary N) is 1. The van der Waals surface area contributed by atoms with E-state index in [9.17, 15) is 4.79 Å². The second-order valence-electron chi connectivity index (χ2n) is 5.53. The molecule has 0 saturated carbocycles. The fourth-order valence-electron chi connectivity index (χ4n) is 2.57. The highest BCUT2D eigenvalue weighted by Crippen LogP contribution is 2.19. The minimum Gasteiger partial charge on any atom is -0.309 e. The van der Waals surface area contributed by atoms with Gasteiger partial charge in [0.15, 0.2) is 0 Å². The Hall–Kier alpha value is -2.46. The number of aromatic amines is 1. The lowest BCUT2D eigenvalue weighted by Crippen LogP contribution is -2.25. The van der Waals surface area contributed by atoms with Crippen molar-refractivity contribution in [3.05, 3.63) is 76.3 Å². The standard InChI is InChI=1S/C18H19N3O/c1-13(14-8-4-3-5-9-14)21(2)12-17-19-16-11-7-6-10-15(16)18(22)20-17/h3-11,13H,12H2,1-2H3,(H,19,20,22)/t13-/m0/s1. The Balaban J connectivity index is 1.85. The van der Waals surface area contributed by atoms with Crippen LogP contribution in [0.2, 0.25) is 0 Å². The molecule has 0 amide bonds. The van der Waals surface area contributed by atoms with Gasteiger partial charge in [-0.3, -0.25) is 9.69 Å². The number of rotatable bonds is 4. The molecule has 1 atom stereocenters. The molecular weight excluding hydrogens is 274 g/mol. The Bertz CT molecular complexity index is 826. The highest BCUT2D eigenvalue weighted by molar-refractivity contribution is 5.77. The van der Waals surface area contributed by atoms with Crippen LogP contribution in [0.4, 0.5) is 0 Å². The highest BCUT2D eigenvalue weighted by Gasteiger charge is 2.13. The third-order valence-corrected chi connectivity index (χ3v) is 4.00. The van der Waals surface area contributed by atoms with Crippen molar-refractivity contribution in [2.24, 2.45) is 0 Å². The predicted octanol–water partition coefficient (Wildman–Crippen LogP) is 3.12. The van der Waals surface area contributed by atoms with Crippen LogP contribution in [0.1, 0.15) is 24.4 Å². The summed E-state index contributed by atoms with van der Waals surface area (Å²) in [6.45, 7) is 2.74. The molecule has 2 aromatic carbocycles. The monoisotopic (exact) mass is 293 g/mol. The van der Waals surface area contributed by atoms with Gasteiger partial charge in [0.1, 0.15) is 5.82 Å². The third-order valence-electron chi connectivity index (χ3n) is 4.00. The Kier molecular flexibility index (Phi) is 4.02. The maximum atomic E-state index is 12.1. The number of hydrogen-bond donors (Lipinski definition) is 1. The van der Waals surface area contributed by atoms with Crippen LogP contribution in [0.25, 0.3) is 10.9 Å². The predicted molar refractivity (Wildman–Crippen MR) is 88.7 cm³/mol. The number of benzene rings is 2. The van der Waals surface area contributed by atoms with Crippen LogP contribution in [0.3, 0.4) is 0 Å². The molecule has 4 nitrogen and oxygen atoms in total.